The molecule has 1 saturated heterocycles. The quantitative estimate of drug-likeness (QED) is 0.585. The molecule has 0 saturated carbocycles. The van der Waals surface area contributed by atoms with Crippen LogP contribution in [-0.4, -0.2) is 17.7 Å². The number of anilines is 2. The number of carbonyl (C=O) groups is 3. The molecule has 1 N–H and O–H groups in total. The highest BCUT2D eigenvalue weighted by atomic mass is 35.5. The van der Waals surface area contributed by atoms with Crippen molar-refractivity contribution in [1.29, 1.82) is 0 Å². The molecule has 4 aliphatic rings. The Morgan fingerprint density at radius 1 is 0.812 bits per heavy atom. The molecular formula is C26H19ClN2O3. The summed E-state index contributed by atoms with van der Waals surface area (Å²) >= 11 is 6.35. The van der Waals surface area contributed by atoms with E-state index in [2.05, 4.69) is 29.6 Å². The molecule has 3 aliphatic carbocycles. The van der Waals surface area contributed by atoms with Crippen molar-refractivity contribution in [3.63, 3.8) is 0 Å². The number of halogens is 1. The van der Waals surface area contributed by atoms with E-state index >= 15 is 0 Å². The lowest BCUT2D eigenvalue weighted by Gasteiger charge is -2.45. The van der Waals surface area contributed by atoms with E-state index in [0.717, 1.165) is 22.3 Å². The molecule has 0 aromatic heterocycles. The van der Waals surface area contributed by atoms with E-state index < -0.39 is 11.8 Å². The predicted octanol–water partition coefficient (Wildman–Crippen LogP) is 4.70. The summed E-state index contributed by atoms with van der Waals surface area (Å²) in [5, 5.41) is 2.93. The Kier molecular flexibility index (Phi) is 4.08. The smallest absolute Gasteiger partial charge is 0.238 e. The van der Waals surface area contributed by atoms with E-state index in [1.165, 1.54) is 11.8 Å². The van der Waals surface area contributed by atoms with Crippen molar-refractivity contribution < 1.29 is 14.4 Å². The summed E-state index contributed by atoms with van der Waals surface area (Å²) in [5.74, 6) is -1.80. The van der Waals surface area contributed by atoms with Crippen LogP contribution in [-0.2, 0) is 14.4 Å². The van der Waals surface area contributed by atoms with E-state index in [9.17, 15) is 14.4 Å². The fourth-order valence-electron chi connectivity index (χ4n) is 5.87. The van der Waals surface area contributed by atoms with Crippen molar-refractivity contribution in [1.82, 2.24) is 0 Å². The van der Waals surface area contributed by atoms with Gasteiger partial charge in [0, 0.05) is 18.8 Å². The molecule has 158 valence electrons. The number of carbonyl (C=O) groups excluding carboxylic acids is 3. The molecule has 3 amide bonds. The third kappa shape index (κ3) is 2.49. The zero-order valence-corrected chi connectivity index (χ0v) is 18.0. The maximum absolute atomic E-state index is 13.7. The molecule has 0 spiro atoms. The van der Waals surface area contributed by atoms with Gasteiger partial charge < -0.3 is 5.32 Å². The summed E-state index contributed by atoms with van der Waals surface area (Å²) in [6.07, 6.45) is 0. The second kappa shape index (κ2) is 6.78. The summed E-state index contributed by atoms with van der Waals surface area (Å²) < 4.78 is 0. The normalized spacial score (nSPS) is 24.8. The fraction of sp³-hybridized carbons (Fsp3) is 0.192. The molecule has 2 bridgehead atoms. The summed E-state index contributed by atoms with van der Waals surface area (Å²) in [6, 6.07) is 21.2. The molecule has 0 radical (unpaired) electrons. The molecule has 1 heterocycles. The van der Waals surface area contributed by atoms with Gasteiger partial charge in [0.05, 0.1) is 28.2 Å². The minimum Gasteiger partial charge on any atom is -0.325 e. The van der Waals surface area contributed by atoms with Crippen LogP contribution in [0.1, 0.15) is 41.0 Å². The summed E-state index contributed by atoms with van der Waals surface area (Å²) in [4.78, 5) is 40.1. The largest absolute Gasteiger partial charge is 0.325 e. The highest BCUT2D eigenvalue weighted by Gasteiger charge is 2.61. The monoisotopic (exact) mass is 442 g/mol. The molecule has 5 nitrogen and oxygen atoms in total. The van der Waals surface area contributed by atoms with Crippen molar-refractivity contribution in [2.24, 2.45) is 11.8 Å². The third-order valence-electron chi connectivity index (χ3n) is 6.97. The van der Waals surface area contributed by atoms with Gasteiger partial charge in [-0.25, -0.2) is 4.90 Å². The number of hydrogen-bond acceptors (Lipinski definition) is 3. The lowest BCUT2D eigenvalue weighted by molar-refractivity contribution is -0.122. The standard InChI is InChI=1S/C26H19ClN2O3/c1-13(30)28-20-11-10-14(12-19(20)27)29-25(31)23-21-15-6-2-3-7-16(15)22(24(23)26(29)32)18-9-5-4-8-17(18)21/h2-12,21-24H,1H3,(H,28,30). The van der Waals surface area contributed by atoms with Crippen LogP contribution >= 0.6 is 11.6 Å². The van der Waals surface area contributed by atoms with Gasteiger partial charge in [0.15, 0.2) is 0 Å². The number of nitrogens with one attached hydrogen (secondary N) is 1. The zero-order chi connectivity index (χ0) is 22.1. The molecule has 2 atom stereocenters. The van der Waals surface area contributed by atoms with Crippen molar-refractivity contribution in [2.75, 3.05) is 10.2 Å². The van der Waals surface area contributed by atoms with Crippen LogP contribution in [0.5, 0.6) is 0 Å². The molecule has 1 fully saturated rings. The average molecular weight is 443 g/mol. The minimum absolute atomic E-state index is 0.145. The Morgan fingerprint density at radius 3 is 1.69 bits per heavy atom. The van der Waals surface area contributed by atoms with Crippen LogP contribution in [0.4, 0.5) is 11.4 Å². The van der Waals surface area contributed by atoms with Gasteiger partial charge in [-0.2, -0.15) is 0 Å². The predicted molar refractivity (Wildman–Crippen MR) is 122 cm³/mol. The van der Waals surface area contributed by atoms with Crippen molar-refractivity contribution in [2.45, 2.75) is 18.8 Å². The highest BCUT2D eigenvalue weighted by molar-refractivity contribution is 6.34. The van der Waals surface area contributed by atoms with Crippen LogP contribution in [0.2, 0.25) is 5.02 Å². The van der Waals surface area contributed by atoms with Gasteiger partial charge in [-0.3, -0.25) is 14.4 Å². The van der Waals surface area contributed by atoms with Gasteiger partial charge in [-0.15, -0.1) is 0 Å². The van der Waals surface area contributed by atoms with Gasteiger partial charge in [0.1, 0.15) is 0 Å². The number of hydrogen-bond donors (Lipinski definition) is 1. The molecular weight excluding hydrogens is 424 g/mol. The van der Waals surface area contributed by atoms with Crippen LogP contribution in [0.3, 0.4) is 0 Å². The molecule has 3 aromatic carbocycles. The van der Waals surface area contributed by atoms with Gasteiger partial charge in [-0.05, 0) is 40.5 Å². The zero-order valence-electron chi connectivity index (χ0n) is 17.2. The maximum Gasteiger partial charge on any atom is 0.238 e. The van der Waals surface area contributed by atoms with Crippen LogP contribution in [0.15, 0.2) is 66.7 Å². The molecule has 1 aliphatic heterocycles. The minimum atomic E-state index is -0.439. The molecule has 6 heteroatoms. The SMILES string of the molecule is CC(=O)Nc1ccc(N2C(=O)C3C4c5ccccc5C(c5ccccc54)C3C2=O)cc1Cl. The first-order valence-electron chi connectivity index (χ1n) is 10.6. The molecule has 7 rings (SSSR count). The van der Waals surface area contributed by atoms with Crippen LogP contribution < -0.4 is 10.2 Å². The van der Waals surface area contributed by atoms with Crippen LogP contribution in [0.25, 0.3) is 0 Å². The van der Waals surface area contributed by atoms with Crippen LogP contribution in [0, 0.1) is 11.8 Å². The van der Waals surface area contributed by atoms with Gasteiger partial charge >= 0.3 is 0 Å². The number of benzene rings is 3. The second-order valence-corrected chi connectivity index (χ2v) is 9.03. The lowest BCUT2D eigenvalue weighted by atomic mass is 9.55. The Morgan fingerprint density at radius 2 is 1.28 bits per heavy atom. The number of imide groups is 1. The number of rotatable bonds is 2. The van der Waals surface area contributed by atoms with E-state index in [-0.39, 0.29) is 34.6 Å². The summed E-state index contributed by atoms with van der Waals surface area (Å²) in [5.41, 5.74) is 5.43. The van der Waals surface area contributed by atoms with Gasteiger partial charge in [0.25, 0.3) is 0 Å². The maximum atomic E-state index is 13.7. The van der Waals surface area contributed by atoms with E-state index in [0.29, 0.717) is 11.4 Å². The Bertz CT molecular complexity index is 1220. The molecule has 3 aromatic rings. The third-order valence-corrected chi connectivity index (χ3v) is 7.28. The van der Waals surface area contributed by atoms with Crippen molar-refractivity contribution in [3.05, 3.63) is 94.0 Å². The Labute approximate surface area is 190 Å². The summed E-state index contributed by atoms with van der Waals surface area (Å²) in [7, 11) is 0. The van der Waals surface area contributed by atoms with E-state index in [4.69, 9.17) is 11.6 Å². The van der Waals surface area contributed by atoms with E-state index in [1.54, 1.807) is 18.2 Å². The first kappa shape index (κ1) is 19.3. The van der Waals surface area contributed by atoms with Crippen molar-refractivity contribution >= 4 is 40.7 Å². The first-order chi connectivity index (χ1) is 15.5. The second-order valence-electron chi connectivity index (χ2n) is 8.62. The fourth-order valence-corrected chi connectivity index (χ4v) is 6.09. The number of nitrogens with zero attached hydrogens (tertiary/aromatic N) is 1. The molecule has 2 unspecified atom stereocenters. The summed E-state index contributed by atoms with van der Waals surface area (Å²) in [6.45, 7) is 1.40. The van der Waals surface area contributed by atoms with E-state index in [1.807, 2.05) is 24.3 Å². The Balaban J connectivity index is 1.48. The van der Waals surface area contributed by atoms with Gasteiger partial charge in [0.2, 0.25) is 17.7 Å². The first-order valence-corrected chi connectivity index (χ1v) is 11.0. The highest BCUT2D eigenvalue weighted by Crippen LogP contribution is 2.61. The Hall–Kier alpha value is -3.44. The molecule has 32 heavy (non-hydrogen) atoms. The van der Waals surface area contributed by atoms with Crippen molar-refractivity contribution in [3.8, 4) is 0 Å². The average Bonchev–Trinajstić information content (AvgIpc) is 3.06. The van der Waals surface area contributed by atoms with Gasteiger partial charge in [-0.1, -0.05) is 60.1 Å². The number of amides is 3. The lowest BCUT2D eigenvalue weighted by Crippen LogP contribution is -2.41. The topological polar surface area (TPSA) is 66.5 Å².